The third-order valence-electron chi connectivity index (χ3n) is 4.75. The summed E-state index contributed by atoms with van der Waals surface area (Å²) in [4.78, 5) is 30.3. The molecule has 1 fully saturated rings. The first-order valence-electron chi connectivity index (χ1n) is 9.86. The van der Waals surface area contributed by atoms with Gasteiger partial charge in [-0.1, -0.05) is 11.6 Å². The summed E-state index contributed by atoms with van der Waals surface area (Å²) in [5.74, 6) is 0. The van der Waals surface area contributed by atoms with Crippen molar-refractivity contribution in [1.29, 1.82) is 0 Å². The van der Waals surface area contributed by atoms with Gasteiger partial charge in [-0.25, -0.2) is 19.7 Å². The van der Waals surface area contributed by atoms with Gasteiger partial charge in [0, 0.05) is 61.3 Å². The molecule has 0 radical (unpaired) electrons. The van der Waals surface area contributed by atoms with E-state index >= 15 is 0 Å². The highest BCUT2D eigenvalue weighted by Gasteiger charge is 2.28. The molecule has 3 heterocycles. The highest BCUT2D eigenvalue weighted by molar-refractivity contribution is 7.15. The number of rotatable bonds is 5. The number of aromatic nitrogens is 3. The maximum Gasteiger partial charge on any atom is 0.410 e. The molecule has 1 amide bonds. The van der Waals surface area contributed by atoms with Crippen molar-refractivity contribution >= 4 is 29.0 Å². The van der Waals surface area contributed by atoms with Gasteiger partial charge in [-0.3, -0.25) is 4.90 Å². The second-order valence-corrected chi connectivity index (χ2v) is 9.98. The molecule has 158 valence electrons. The number of nitrogens with zero attached hydrogens (tertiary/aromatic N) is 5. The van der Waals surface area contributed by atoms with Gasteiger partial charge in [-0.15, -0.1) is 11.3 Å². The summed E-state index contributed by atoms with van der Waals surface area (Å²) in [6.07, 6.45) is 9.70. The number of carbonyl (C=O) groups excluding carboxylic acids is 1. The highest BCUT2D eigenvalue weighted by atomic mass is 35.5. The van der Waals surface area contributed by atoms with Crippen LogP contribution in [0.1, 0.15) is 50.5 Å². The molecule has 0 unspecified atom stereocenters. The monoisotopic (exact) mass is 437 g/mol. The van der Waals surface area contributed by atoms with E-state index in [0.717, 1.165) is 49.3 Å². The van der Waals surface area contributed by atoms with Gasteiger partial charge >= 0.3 is 6.09 Å². The first-order valence-corrected chi connectivity index (χ1v) is 11.1. The van der Waals surface area contributed by atoms with Crippen LogP contribution < -0.4 is 0 Å². The zero-order valence-electron chi connectivity index (χ0n) is 17.2. The summed E-state index contributed by atoms with van der Waals surface area (Å²) in [5.41, 5.74) is 0.587. The van der Waals surface area contributed by atoms with Crippen molar-refractivity contribution in [3.8, 4) is 0 Å². The van der Waals surface area contributed by atoms with Crippen LogP contribution in [0.4, 0.5) is 4.79 Å². The van der Waals surface area contributed by atoms with Crippen molar-refractivity contribution in [2.75, 3.05) is 13.1 Å². The lowest BCUT2D eigenvalue weighted by Crippen LogP contribution is -2.39. The van der Waals surface area contributed by atoms with Crippen LogP contribution in [0.3, 0.4) is 0 Å². The molecular weight excluding hydrogens is 410 g/mol. The molecule has 3 rings (SSSR count). The smallest absolute Gasteiger partial charge is 0.410 e. The Morgan fingerprint density at radius 2 is 2.00 bits per heavy atom. The SMILES string of the molecule is CC(C)(C)OC(=O)N1CCC[C@H](N(Cc2cncnc2)Cc2cnc(Cl)s2)CC1. The molecule has 0 saturated carbocycles. The zero-order valence-corrected chi connectivity index (χ0v) is 18.7. The number of thiazole rings is 1. The molecule has 0 spiro atoms. The summed E-state index contributed by atoms with van der Waals surface area (Å²) in [6, 6.07) is 0.337. The first kappa shape index (κ1) is 21.9. The van der Waals surface area contributed by atoms with Crippen LogP contribution in [-0.4, -0.2) is 55.6 Å². The van der Waals surface area contributed by atoms with Gasteiger partial charge in [-0.2, -0.15) is 0 Å². The fourth-order valence-electron chi connectivity index (χ4n) is 3.47. The molecule has 29 heavy (non-hydrogen) atoms. The molecule has 0 aromatic carbocycles. The number of carbonyl (C=O) groups is 1. The Hall–Kier alpha value is -1.77. The van der Waals surface area contributed by atoms with Crippen molar-refractivity contribution in [3.05, 3.63) is 39.8 Å². The van der Waals surface area contributed by atoms with Gasteiger partial charge in [0.2, 0.25) is 0 Å². The van der Waals surface area contributed by atoms with Crippen molar-refractivity contribution < 1.29 is 9.53 Å². The lowest BCUT2D eigenvalue weighted by atomic mass is 10.1. The Labute approximate surface area is 181 Å². The summed E-state index contributed by atoms with van der Waals surface area (Å²) >= 11 is 7.54. The molecule has 7 nitrogen and oxygen atoms in total. The average molecular weight is 438 g/mol. The Balaban J connectivity index is 1.69. The standard InChI is InChI=1S/C20H28ClN5O2S/c1-20(2,3)28-19(27)25-7-4-5-16(6-8-25)26(12-15-9-22-14-23-10-15)13-17-11-24-18(21)29-17/h9-11,14,16H,4-8,12-13H2,1-3H3/t16-/m0/s1. The Bertz CT molecular complexity index is 796. The van der Waals surface area contributed by atoms with Crippen molar-refractivity contribution in [1.82, 2.24) is 24.8 Å². The molecule has 1 aliphatic rings. The van der Waals surface area contributed by atoms with E-state index in [-0.39, 0.29) is 6.09 Å². The van der Waals surface area contributed by atoms with E-state index < -0.39 is 5.60 Å². The Morgan fingerprint density at radius 1 is 1.24 bits per heavy atom. The van der Waals surface area contributed by atoms with Crippen LogP contribution in [0, 0.1) is 0 Å². The van der Waals surface area contributed by atoms with E-state index in [4.69, 9.17) is 16.3 Å². The minimum atomic E-state index is -0.479. The Morgan fingerprint density at radius 3 is 2.66 bits per heavy atom. The van der Waals surface area contributed by atoms with Crippen molar-refractivity contribution in [2.45, 2.75) is 64.8 Å². The fourth-order valence-corrected chi connectivity index (χ4v) is 4.47. The number of halogens is 1. The predicted octanol–water partition coefficient (Wildman–Crippen LogP) is 4.38. The molecule has 0 N–H and O–H groups in total. The summed E-state index contributed by atoms with van der Waals surface area (Å²) in [6.45, 7) is 8.61. The van der Waals surface area contributed by atoms with Gasteiger partial charge in [0.05, 0.1) is 0 Å². The average Bonchev–Trinajstić information content (AvgIpc) is 2.91. The van der Waals surface area contributed by atoms with E-state index in [9.17, 15) is 4.79 Å². The molecule has 2 aromatic rings. The van der Waals surface area contributed by atoms with Crippen LogP contribution >= 0.6 is 22.9 Å². The molecule has 9 heteroatoms. The lowest BCUT2D eigenvalue weighted by molar-refractivity contribution is 0.0252. The summed E-state index contributed by atoms with van der Waals surface area (Å²) < 4.78 is 6.11. The maximum absolute atomic E-state index is 12.5. The molecule has 1 atom stereocenters. The van der Waals surface area contributed by atoms with E-state index in [1.54, 1.807) is 6.33 Å². The van der Waals surface area contributed by atoms with Crippen LogP contribution in [0.25, 0.3) is 0 Å². The van der Waals surface area contributed by atoms with Gasteiger partial charge in [-0.05, 0) is 40.0 Å². The normalized spacial score (nSPS) is 18.0. The van der Waals surface area contributed by atoms with Crippen LogP contribution in [-0.2, 0) is 17.8 Å². The van der Waals surface area contributed by atoms with Gasteiger partial charge in [0.25, 0.3) is 0 Å². The lowest BCUT2D eigenvalue weighted by Gasteiger charge is -2.31. The van der Waals surface area contributed by atoms with E-state index in [1.807, 2.05) is 44.3 Å². The topological polar surface area (TPSA) is 71.5 Å². The van der Waals surface area contributed by atoms with Crippen LogP contribution in [0.2, 0.25) is 4.47 Å². The molecule has 0 aliphatic carbocycles. The summed E-state index contributed by atoms with van der Waals surface area (Å²) in [5, 5.41) is 0. The third kappa shape index (κ3) is 6.90. The van der Waals surface area contributed by atoms with E-state index in [2.05, 4.69) is 19.9 Å². The van der Waals surface area contributed by atoms with Crippen molar-refractivity contribution in [3.63, 3.8) is 0 Å². The molecular formula is C20H28ClN5O2S. The van der Waals surface area contributed by atoms with Crippen LogP contribution in [0.5, 0.6) is 0 Å². The molecule has 1 aliphatic heterocycles. The van der Waals surface area contributed by atoms with Crippen molar-refractivity contribution in [2.24, 2.45) is 0 Å². The molecule has 2 aromatic heterocycles. The third-order valence-corrected chi connectivity index (χ3v) is 5.85. The minimum absolute atomic E-state index is 0.226. The van der Waals surface area contributed by atoms with E-state index in [0.29, 0.717) is 17.1 Å². The quantitative estimate of drug-likeness (QED) is 0.691. The predicted molar refractivity (Wildman–Crippen MR) is 114 cm³/mol. The Kier molecular flexibility index (Phi) is 7.43. The number of ether oxygens (including phenoxy) is 1. The molecule has 1 saturated heterocycles. The number of hydrogen-bond acceptors (Lipinski definition) is 7. The summed E-state index contributed by atoms with van der Waals surface area (Å²) in [7, 11) is 0. The number of amides is 1. The fraction of sp³-hybridized carbons (Fsp3) is 0.600. The maximum atomic E-state index is 12.5. The van der Waals surface area contributed by atoms with E-state index in [1.165, 1.54) is 11.3 Å². The van der Waals surface area contributed by atoms with Crippen LogP contribution in [0.15, 0.2) is 24.9 Å². The number of hydrogen-bond donors (Lipinski definition) is 0. The second-order valence-electron chi connectivity index (χ2n) is 8.28. The van der Waals surface area contributed by atoms with Gasteiger partial charge in [0.1, 0.15) is 11.9 Å². The van der Waals surface area contributed by atoms with Gasteiger partial charge in [0.15, 0.2) is 4.47 Å². The first-order chi connectivity index (χ1) is 13.8. The van der Waals surface area contributed by atoms with Gasteiger partial charge < -0.3 is 9.64 Å². The number of likely N-dealkylation sites (tertiary alicyclic amines) is 1. The largest absolute Gasteiger partial charge is 0.444 e. The second kappa shape index (κ2) is 9.82. The highest BCUT2D eigenvalue weighted by Crippen LogP contribution is 2.25. The zero-order chi connectivity index (χ0) is 20.9. The minimum Gasteiger partial charge on any atom is -0.444 e. The molecule has 0 bridgehead atoms.